The molecule has 0 saturated heterocycles. The van der Waals surface area contributed by atoms with Crippen molar-refractivity contribution in [1.29, 1.82) is 0 Å². The van der Waals surface area contributed by atoms with Crippen LogP contribution in [0.1, 0.15) is 11.1 Å². The SMILES string of the molecule is NC(=O)Cc1ccc(NC(=O)CSCc2cccc(Cl)c2)cc1. The van der Waals surface area contributed by atoms with Gasteiger partial charge in [-0.25, -0.2) is 0 Å². The minimum absolute atomic E-state index is 0.0697. The number of nitrogens with two attached hydrogens (primary N) is 1. The summed E-state index contributed by atoms with van der Waals surface area (Å²) in [5, 5.41) is 3.52. The maximum atomic E-state index is 11.9. The first kappa shape index (κ1) is 17.4. The van der Waals surface area contributed by atoms with E-state index >= 15 is 0 Å². The minimum Gasteiger partial charge on any atom is -0.369 e. The van der Waals surface area contributed by atoms with Gasteiger partial charge in [0.25, 0.3) is 0 Å². The quantitative estimate of drug-likeness (QED) is 0.806. The summed E-state index contributed by atoms with van der Waals surface area (Å²) in [5.74, 6) is 0.639. The van der Waals surface area contributed by atoms with E-state index in [9.17, 15) is 9.59 Å². The molecule has 2 aromatic rings. The number of hydrogen-bond acceptors (Lipinski definition) is 3. The molecule has 0 saturated carbocycles. The first-order valence-corrected chi connectivity index (χ1v) is 8.55. The van der Waals surface area contributed by atoms with Crippen LogP contribution in [0.4, 0.5) is 5.69 Å². The van der Waals surface area contributed by atoms with Crippen LogP contribution < -0.4 is 11.1 Å². The molecule has 0 atom stereocenters. The van der Waals surface area contributed by atoms with Crippen molar-refractivity contribution in [2.24, 2.45) is 5.73 Å². The van der Waals surface area contributed by atoms with Gasteiger partial charge in [0.15, 0.2) is 0 Å². The number of thioether (sulfide) groups is 1. The lowest BCUT2D eigenvalue weighted by molar-refractivity contribution is -0.117. The van der Waals surface area contributed by atoms with Crippen LogP contribution in [-0.4, -0.2) is 17.6 Å². The molecule has 4 nitrogen and oxygen atoms in total. The molecule has 2 aromatic carbocycles. The van der Waals surface area contributed by atoms with Gasteiger partial charge in [0.2, 0.25) is 11.8 Å². The predicted octanol–water partition coefficient (Wildman–Crippen LogP) is 3.24. The Morgan fingerprint density at radius 3 is 2.48 bits per heavy atom. The number of primary amides is 1. The molecule has 0 aliphatic rings. The van der Waals surface area contributed by atoms with Crippen LogP contribution in [0.5, 0.6) is 0 Å². The summed E-state index contributed by atoms with van der Waals surface area (Å²) in [4.78, 5) is 22.7. The monoisotopic (exact) mass is 348 g/mol. The molecule has 2 rings (SSSR count). The molecule has 0 heterocycles. The fourth-order valence-electron chi connectivity index (χ4n) is 1.99. The van der Waals surface area contributed by atoms with Crippen LogP contribution in [0.3, 0.4) is 0 Å². The van der Waals surface area contributed by atoms with E-state index in [1.165, 1.54) is 11.8 Å². The molecule has 2 amide bonds. The highest BCUT2D eigenvalue weighted by Gasteiger charge is 2.04. The Morgan fingerprint density at radius 1 is 1.09 bits per heavy atom. The smallest absolute Gasteiger partial charge is 0.234 e. The summed E-state index contributed by atoms with van der Waals surface area (Å²) in [6.07, 6.45) is 0.198. The van der Waals surface area contributed by atoms with Gasteiger partial charge in [0, 0.05) is 16.5 Å². The standard InChI is InChI=1S/C17H17ClN2O2S/c18-14-3-1-2-13(8-14)10-23-11-17(22)20-15-6-4-12(5-7-15)9-16(19)21/h1-8H,9-11H2,(H2,19,21)(H,20,22). The van der Waals surface area contributed by atoms with Gasteiger partial charge in [-0.15, -0.1) is 11.8 Å². The van der Waals surface area contributed by atoms with E-state index in [1.54, 1.807) is 24.3 Å². The second-order valence-electron chi connectivity index (χ2n) is 5.01. The Kier molecular flexibility index (Phi) is 6.50. The van der Waals surface area contributed by atoms with Gasteiger partial charge in [-0.05, 0) is 35.4 Å². The van der Waals surface area contributed by atoms with Crippen LogP contribution in [0, 0.1) is 0 Å². The van der Waals surface area contributed by atoms with Crippen molar-refractivity contribution in [2.75, 3.05) is 11.1 Å². The highest BCUT2D eigenvalue weighted by Crippen LogP contribution is 2.17. The summed E-state index contributed by atoms with van der Waals surface area (Å²) < 4.78 is 0. The number of anilines is 1. The normalized spacial score (nSPS) is 10.3. The summed E-state index contributed by atoms with van der Waals surface area (Å²) in [7, 11) is 0. The zero-order chi connectivity index (χ0) is 16.7. The Hall–Kier alpha value is -1.98. The van der Waals surface area contributed by atoms with E-state index in [0.717, 1.165) is 16.9 Å². The number of carbonyl (C=O) groups excluding carboxylic acids is 2. The molecule has 120 valence electrons. The fraction of sp³-hybridized carbons (Fsp3) is 0.176. The highest BCUT2D eigenvalue weighted by atomic mass is 35.5. The maximum Gasteiger partial charge on any atom is 0.234 e. The minimum atomic E-state index is -0.376. The molecular formula is C17H17ClN2O2S. The lowest BCUT2D eigenvalue weighted by Gasteiger charge is -2.06. The van der Waals surface area contributed by atoms with Gasteiger partial charge >= 0.3 is 0 Å². The van der Waals surface area contributed by atoms with Gasteiger partial charge in [0.1, 0.15) is 0 Å². The fourth-order valence-corrected chi connectivity index (χ4v) is 2.98. The molecule has 0 fully saturated rings. The van der Waals surface area contributed by atoms with Crippen molar-refractivity contribution < 1.29 is 9.59 Å². The molecule has 6 heteroatoms. The van der Waals surface area contributed by atoms with Crippen LogP contribution in [0.15, 0.2) is 48.5 Å². The molecule has 0 spiro atoms. The topological polar surface area (TPSA) is 72.2 Å². The third-order valence-electron chi connectivity index (χ3n) is 3.01. The number of amides is 2. The van der Waals surface area contributed by atoms with Gasteiger partial charge < -0.3 is 11.1 Å². The number of halogens is 1. The highest BCUT2D eigenvalue weighted by molar-refractivity contribution is 7.99. The van der Waals surface area contributed by atoms with E-state index in [1.807, 2.05) is 24.3 Å². The number of hydrogen-bond donors (Lipinski definition) is 2. The van der Waals surface area contributed by atoms with Crippen molar-refractivity contribution in [3.05, 3.63) is 64.7 Å². The Morgan fingerprint density at radius 2 is 1.83 bits per heavy atom. The summed E-state index contributed by atoms with van der Waals surface area (Å²) in [6.45, 7) is 0. The second-order valence-corrected chi connectivity index (χ2v) is 6.43. The number of nitrogens with one attached hydrogen (secondary N) is 1. The van der Waals surface area contributed by atoms with Crippen molar-refractivity contribution in [2.45, 2.75) is 12.2 Å². The van der Waals surface area contributed by atoms with Crippen LogP contribution in [-0.2, 0) is 21.8 Å². The molecule has 0 aliphatic heterocycles. The summed E-state index contributed by atoms with van der Waals surface area (Å²) in [6, 6.07) is 14.7. The van der Waals surface area contributed by atoms with Crippen molar-refractivity contribution in [3.63, 3.8) is 0 Å². The molecule has 0 aliphatic carbocycles. The second kappa shape index (κ2) is 8.60. The molecule has 0 radical (unpaired) electrons. The van der Waals surface area contributed by atoms with Crippen molar-refractivity contribution >= 4 is 40.9 Å². The third kappa shape index (κ3) is 6.34. The van der Waals surface area contributed by atoms with Crippen LogP contribution in [0.2, 0.25) is 5.02 Å². The average molecular weight is 349 g/mol. The number of rotatable bonds is 7. The van der Waals surface area contributed by atoms with Gasteiger partial charge in [-0.1, -0.05) is 35.9 Å². The van der Waals surface area contributed by atoms with Gasteiger partial charge in [-0.2, -0.15) is 0 Å². The average Bonchev–Trinajstić information content (AvgIpc) is 2.49. The van der Waals surface area contributed by atoms with E-state index in [2.05, 4.69) is 5.32 Å². The van der Waals surface area contributed by atoms with E-state index in [-0.39, 0.29) is 18.2 Å². The Balaban J connectivity index is 1.77. The lowest BCUT2D eigenvalue weighted by Crippen LogP contribution is -2.15. The zero-order valence-corrected chi connectivity index (χ0v) is 14.0. The molecular weight excluding hydrogens is 332 g/mol. The third-order valence-corrected chi connectivity index (χ3v) is 4.25. The molecule has 23 heavy (non-hydrogen) atoms. The van der Waals surface area contributed by atoms with E-state index in [4.69, 9.17) is 17.3 Å². The maximum absolute atomic E-state index is 11.9. The predicted molar refractivity (Wildman–Crippen MR) is 95.6 cm³/mol. The van der Waals surface area contributed by atoms with Crippen molar-refractivity contribution in [1.82, 2.24) is 0 Å². The number of benzene rings is 2. The molecule has 3 N–H and O–H groups in total. The number of carbonyl (C=O) groups is 2. The molecule has 0 aromatic heterocycles. The summed E-state index contributed by atoms with van der Waals surface area (Å²) >= 11 is 7.44. The van der Waals surface area contributed by atoms with Gasteiger partial charge in [-0.3, -0.25) is 9.59 Å². The van der Waals surface area contributed by atoms with E-state index in [0.29, 0.717) is 16.5 Å². The lowest BCUT2D eigenvalue weighted by atomic mass is 10.1. The largest absolute Gasteiger partial charge is 0.369 e. The molecule has 0 unspecified atom stereocenters. The first-order chi connectivity index (χ1) is 11.0. The Bertz CT molecular complexity index is 689. The first-order valence-electron chi connectivity index (χ1n) is 7.02. The van der Waals surface area contributed by atoms with E-state index < -0.39 is 0 Å². The van der Waals surface area contributed by atoms with Crippen molar-refractivity contribution in [3.8, 4) is 0 Å². The van der Waals surface area contributed by atoms with Gasteiger partial charge in [0.05, 0.1) is 12.2 Å². The van der Waals surface area contributed by atoms with Crippen LogP contribution in [0.25, 0.3) is 0 Å². The summed E-state index contributed by atoms with van der Waals surface area (Å²) in [5.41, 5.74) is 7.75. The zero-order valence-electron chi connectivity index (χ0n) is 12.4. The molecule has 0 bridgehead atoms. The van der Waals surface area contributed by atoms with Crippen LogP contribution >= 0.6 is 23.4 Å². The Labute approximate surface area is 144 Å².